The fourth-order valence-corrected chi connectivity index (χ4v) is 3.07. The summed E-state index contributed by atoms with van der Waals surface area (Å²) in [5.41, 5.74) is 0.266. The van der Waals surface area contributed by atoms with E-state index in [0.29, 0.717) is 12.5 Å². The molecule has 1 amide bonds. The molecule has 1 saturated heterocycles. The number of halogens is 1. The van der Waals surface area contributed by atoms with E-state index in [1.54, 1.807) is 6.33 Å². The maximum absolute atomic E-state index is 13.1. The van der Waals surface area contributed by atoms with Crippen molar-refractivity contribution in [3.63, 3.8) is 0 Å². The Bertz CT molecular complexity index is 711. The van der Waals surface area contributed by atoms with E-state index in [1.807, 2.05) is 6.92 Å². The van der Waals surface area contributed by atoms with Crippen molar-refractivity contribution in [2.75, 3.05) is 26.2 Å². The molecule has 25 heavy (non-hydrogen) atoms. The van der Waals surface area contributed by atoms with Gasteiger partial charge in [0.15, 0.2) is 0 Å². The molecule has 0 atom stereocenters. The fraction of sp³-hybridized carbons (Fsp3) is 0.529. The van der Waals surface area contributed by atoms with Gasteiger partial charge >= 0.3 is 0 Å². The zero-order chi connectivity index (χ0) is 17.6. The molecular weight excluding hydrogens is 323 g/mol. The lowest BCUT2D eigenvalue weighted by atomic mass is 9.96. The van der Waals surface area contributed by atoms with Crippen LogP contribution in [0.4, 0.5) is 4.39 Å². The number of hydrogen-bond acceptors (Lipinski definition) is 5. The number of pyridine rings is 1. The van der Waals surface area contributed by atoms with Gasteiger partial charge in [-0.05, 0) is 44.8 Å². The minimum Gasteiger partial charge on any atom is -0.352 e. The summed E-state index contributed by atoms with van der Waals surface area (Å²) in [6.45, 7) is 6.48. The first-order valence-corrected chi connectivity index (χ1v) is 8.57. The third-order valence-corrected chi connectivity index (χ3v) is 4.69. The number of carbonyl (C=O) groups excluding carboxylic acids is 1. The molecule has 0 saturated carbocycles. The molecule has 0 bridgehead atoms. The van der Waals surface area contributed by atoms with E-state index in [9.17, 15) is 9.18 Å². The minimum atomic E-state index is -0.496. The van der Waals surface area contributed by atoms with Crippen molar-refractivity contribution in [2.24, 2.45) is 5.92 Å². The third kappa shape index (κ3) is 4.82. The van der Waals surface area contributed by atoms with Gasteiger partial charge < -0.3 is 14.8 Å². The monoisotopic (exact) mass is 346 g/mol. The first kappa shape index (κ1) is 17.5. The lowest BCUT2D eigenvalue weighted by Gasteiger charge is -2.32. The van der Waals surface area contributed by atoms with Crippen LogP contribution in [0, 0.1) is 18.7 Å². The van der Waals surface area contributed by atoms with Gasteiger partial charge in [0.05, 0.1) is 11.8 Å². The van der Waals surface area contributed by atoms with Gasteiger partial charge in [0, 0.05) is 25.8 Å². The van der Waals surface area contributed by atoms with Crippen LogP contribution in [-0.4, -0.2) is 56.7 Å². The molecule has 0 unspecified atom stereocenters. The van der Waals surface area contributed by atoms with E-state index in [1.165, 1.54) is 12.3 Å². The molecule has 0 aromatic carbocycles. The first-order chi connectivity index (χ1) is 12.1. The molecule has 0 spiro atoms. The Morgan fingerprint density at radius 2 is 2.12 bits per heavy atom. The lowest BCUT2D eigenvalue weighted by molar-refractivity contribution is 0.0934. The molecule has 3 heterocycles. The average molecular weight is 346 g/mol. The summed E-state index contributed by atoms with van der Waals surface area (Å²) in [4.78, 5) is 18.2. The van der Waals surface area contributed by atoms with Gasteiger partial charge in [-0.1, -0.05) is 0 Å². The second-order valence-electron chi connectivity index (χ2n) is 6.46. The van der Waals surface area contributed by atoms with Crippen molar-refractivity contribution < 1.29 is 9.18 Å². The lowest BCUT2D eigenvalue weighted by Crippen LogP contribution is -2.39. The minimum absolute atomic E-state index is 0.266. The van der Waals surface area contributed by atoms with Crippen molar-refractivity contribution in [1.29, 1.82) is 0 Å². The second-order valence-corrected chi connectivity index (χ2v) is 6.46. The van der Waals surface area contributed by atoms with Gasteiger partial charge in [-0.15, -0.1) is 10.2 Å². The van der Waals surface area contributed by atoms with Gasteiger partial charge in [-0.3, -0.25) is 9.78 Å². The SMILES string of the molecule is Cc1nncn1CCN1CCC(CNC(=O)c2cncc(F)c2)CC1. The van der Waals surface area contributed by atoms with Crippen LogP contribution in [0.15, 0.2) is 24.8 Å². The number of carbonyl (C=O) groups is 1. The van der Waals surface area contributed by atoms with Gasteiger partial charge in [0.2, 0.25) is 0 Å². The number of nitrogens with zero attached hydrogens (tertiary/aromatic N) is 5. The van der Waals surface area contributed by atoms with E-state index >= 15 is 0 Å². The quantitative estimate of drug-likeness (QED) is 0.852. The highest BCUT2D eigenvalue weighted by molar-refractivity contribution is 5.93. The predicted molar refractivity (Wildman–Crippen MR) is 90.5 cm³/mol. The fourth-order valence-electron chi connectivity index (χ4n) is 3.07. The highest BCUT2D eigenvalue weighted by Crippen LogP contribution is 2.16. The van der Waals surface area contributed by atoms with Crippen molar-refractivity contribution in [2.45, 2.75) is 26.3 Å². The number of piperidine rings is 1. The third-order valence-electron chi connectivity index (χ3n) is 4.69. The summed E-state index contributed by atoms with van der Waals surface area (Å²) in [6, 6.07) is 1.21. The largest absolute Gasteiger partial charge is 0.352 e. The van der Waals surface area contributed by atoms with E-state index in [4.69, 9.17) is 0 Å². The second kappa shape index (κ2) is 8.15. The number of likely N-dealkylation sites (tertiary alicyclic amines) is 1. The number of hydrogen-bond donors (Lipinski definition) is 1. The molecule has 3 rings (SSSR count). The summed E-state index contributed by atoms with van der Waals surface area (Å²) < 4.78 is 15.2. The van der Waals surface area contributed by atoms with E-state index in [0.717, 1.165) is 51.0 Å². The Labute approximate surface area is 146 Å². The van der Waals surface area contributed by atoms with E-state index in [2.05, 4.69) is 30.0 Å². The topological polar surface area (TPSA) is 75.9 Å². The summed E-state index contributed by atoms with van der Waals surface area (Å²) >= 11 is 0. The Kier molecular flexibility index (Phi) is 5.70. The Balaban J connectivity index is 1.38. The number of nitrogens with one attached hydrogen (secondary N) is 1. The maximum Gasteiger partial charge on any atom is 0.252 e. The Hall–Kier alpha value is -2.35. The molecule has 1 aliphatic heterocycles. The molecule has 1 aliphatic rings. The molecule has 2 aromatic heterocycles. The van der Waals surface area contributed by atoms with Gasteiger partial charge in [-0.25, -0.2) is 4.39 Å². The first-order valence-electron chi connectivity index (χ1n) is 8.57. The molecule has 134 valence electrons. The maximum atomic E-state index is 13.1. The van der Waals surface area contributed by atoms with Gasteiger partial charge in [0.1, 0.15) is 18.0 Å². The Morgan fingerprint density at radius 1 is 1.32 bits per heavy atom. The van der Waals surface area contributed by atoms with Crippen molar-refractivity contribution >= 4 is 5.91 Å². The van der Waals surface area contributed by atoms with E-state index in [-0.39, 0.29) is 11.5 Å². The zero-order valence-electron chi connectivity index (χ0n) is 14.4. The van der Waals surface area contributed by atoms with Crippen LogP contribution in [0.1, 0.15) is 29.0 Å². The van der Waals surface area contributed by atoms with Crippen LogP contribution in [0.2, 0.25) is 0 Å². The summed E-state index contributed by atoms with van der Waals surface area (Å²) in [5, 5.41) is 10.8. The zero-order valence-corrected chi connectivity index (χ0v) is 14.4. The number of aryl methyl sites for hydroxylation is 1. The van der Waals surface area contributed by atoms with Crippen LogP contribution in [0.5, 0.6) is 0 Å². The highest BCUT2D eigenvalue weighted by atomic mass is 19.1. The van der Waals surface area contributed by atoms with Crippen LogP contribution in [0.25, 0.3) is 0 Å². The molecule has 1 fully saturated rings. The van der Waals surface area contributed by atoms with Gasteiger partial charge in [-0.2, -0.15) is 0 Å². The molecular formula is C17H23FN6O. The molecule has 2 aromatic rings. The smallest absolute Gasteiger partial charge is 0.252 e. The summed E-state index contributed by atoms with van der Waals surface area (Å²) in [5.74, 6) is 0.629. The molecule has 1 N–H and O–H groups in total. The predicted octanol–water partition coefficient (Wildman–Crippen LogP) is 1.26. The highest BCUT2D eigenvalue weighted by Gasteiger charge is 2.20. The number of aromatic nitrogens is 4. The Morgan fingerprint density at radius 3 is 2.80 bits per heavy atom. The van der Waals surface area contributed by atoms with Crippen LogP contribution in [0.3, 0.4) is 0 Å². The molecule has 0 radical (unpaired) electrons. The normalized spacial score (nSPS) is 16.1. The van der Waals surface area contributed by atoms with Crippen LogP contribution >= 0.6 is 0 Å². The van der Waals surface area contributed by atoms with Crippen molar-refractivity contribution in [3.05, 3.63) is 42.0 Å². The number of amides is 1. The molecule has 8 heteroatoms. The summed E-state index contributed by atoms with van der Waals surface area (Å²) in [7, 11) is 0. The summed E-state index contributed by atoms with van der Waals surface area (Å²) in [6.07, 6.45) is 6.33. The van der Waals surface area contributed by atoms with E-state index < -0.39 is 5.82 Å². The molecule has 0 aliphatic carbocycles. The standard InChI is InChI=1S/C17H23FN6O/c1-13-22-21-12-24(13)7-6-23-4-2-14(3-5-23)9-20-17(25)15-8-16(18)11-19-10-15/h8,10-12,14H,2-7,9H2,1H3,(H,20,25). The number of rotatable bonds is 6. The van der Waals surface area contributed by atoms with Crippen molar-refractivity contribution in [3.8, 4) is 0 Å². The van der Waals surface area contributed by atoms with Crippen LogP contribution in [-0.2, 0) is 6.54 Å². The van der Waals surface area contributed by atoms with Gasteiger partial charge in [0.25, 0.3) is 5.91 Å². The van der Waals surface area contributed by atoms with Crippen LogP contribution < -0.4 is 5.32 Å². The molecule has 7 nitrogen and oxygen atoms in total. The van der Waals surface area contributed by atoms with Crippen molar-refractivity contribution in [1.82, 2.24) is 30.0 Å². The average Bonchev–Trinajstić information content (AvgIpc) is 3.04.